The first-order valence-corrected chi connectivity index (χ1v) is 11.1. The zero-order valence-electron chi connectivity index (χ0n) is 18.3. The van der Waals surface area contributed by atoms with Gasteiger partial charge in [-0.3, -0.25) is 9.89 Å². The second kappa shape index (κ2) is 10.3. The monoisotopic (exact) mass is 446 g/mol. The fourth-order valence-electron chi connectivity index (χ4n) is 4.27. The Hall–Kier alpha value is -3.70. The van der Waals surface area contributed by atoms with Gasteiger partial charge in [0.1, 0.15) is 17.2 Å². The van der Waals surface area contributed by atoms with E-state index in [1.54, 1.807) is 12.1 Å². The topological polar surface area (TPSA) is 106 Å². The van der Waals surface area contributed by atoms with Crippen LogP contribution in [0.4, 0.5) is 15.9 Å². The maximum atomic E-state index is 13.2. The average Bonchev–Trinajstić information content (AvgIpc) is 3.29. The number of nitriles is 1. The van der Waals surface area contributed by atoms with Crippen LogP contribution < -0.4 is 16.0 Å². The molecule has 0 radical (unpaired) electrons. The van der Waals surface area contributed by atoms with Crippen LogP contribution in [0, 0.1) is 17.1 Å². The molecule has 1 saturated carbocycles. The summed E-state index contributed by atoms with van der Waals surface area (Å²) in [5, 5.41) is 26.0. The van der Waals surface area contributed by atoms with E-state index in [0.29, 0.717) is 23.1 Å². The Balaban J connectivity index is 1.37. The van der Waals surface area contributed by atoms with E-state index in [1.807, 2.05) is 18.2 Å². The van der Waals surface area contributed by atoms with Crippen molar-refractivity contribution in [2.45, 2.75) is 50.2 Å². The van der Waals surface area contributed by atoms with Crippen LogP contribution in [0.15, 0.2) is 60.8 Å². The van der Waals surface area contributed by atoms with Gasteiger partial charge in [-0.15, -0.1) is 0 Å². The Morgan fingerprint density at radius 3 is 2.58 bits per heavy atom. The van der Waals surface area contributed by atoms with E-state index in [1.165, 1.54) is 23.9 Å². The van der Waals surface area contributed by atoms with Crippen molar-refractivity contribution in [2.24, 2.45) is 0 Å². The van der Waals surface area contributed by atoms with Crippen LogP contribution in [0.3, 0.4) is 0 Å². The Morgan fingerprint density at radius 2 is 1.88 bits per heavy atom. The molecule has 0 bridgehead atoms. The van der Waals surface area contributed by atoms with Crippen LogP contribution in [0.1, 0.15) is 48.0 Å². The van der Waals surface area contributed by atoms with E-state index >= 15 is 0 Å². The summed E-state index contributed by atoms with van der Waals surface area (Å²) in [4.78, 5) is 13.1. The summed E-state index contributed by atoms with van der Waals surface area (Å²) in [5.41, 5.74) is 1.65. The van der Waals surface area contributed by atoms with E-state index in [0.717, 1.165) is 32.2 Å². The van der Waals surface area contributed by atoms with Gasteiger partial charge in [-0.2, -0.15) is 10.4 Å². The van der Waals surface area contributed by atoms with Gasteiger partial charge in [0, 0.05) is 18.3 Å². The van der Waals surface area contributed by atoms with Crippen LogP contribution in [0.5, 0.6) is 0 Å². The second-order valence-corrected chi connectivity index (χ2v) is 8.50. The number of carbonyl (C=O) groups excluding carboxylic acids is 1. The summed E-state index contributed by atoms with van der Waals surface area (Å²) in [6.45, 7) is 0.802. The third-order valence-electron chi connectivity index (χ3n) is 6.17. The molecule has 1 heterocycles. The van der Waals surface area contributed by atoms with E-state index in [4.69, 9.17) is 0 Å². The molecule has 7 nitrogen and oxygen atoms in total. The highest BCUT2D eigenvalue weighted by molar-refractivity contribution is 5.99. The Morgan fingerprint density at radius 1 is 1.15 bits per heavy atom. The lowest BCUT2D eigenvalue weighted by molar-refractivity contribution is 0.0861. The van der Waals surface area contributed by atoms with Crippen molar-refractivity contribution < 1.29 is 9.18 Å². The number of hydrogen-bond acceptors (Lipinski definition) is 5. The number of benzene rings is 2. The van der Waals surface area contributed by atoms with Gasteiger partial charge in [-0.05, 0) is 55.5 Å². The maximum absolute atomic E-state index is 13.2. The molecule has 0 unspecified atom stereocenters. The van der Waals surface area contributed by atoms with Crippen molar-refractivity contribution in [1.82, 2.24) is 20.8 Å². The fourth-order valence-corrected chi connectivity index (χ4v) is 4.27. The zero-order chi connectivity index (χ0) is 23.1. The highest BCUT2D eigenvalue weighted by Crippen LogP contribution is 2.32. The molecule has 3 aromatic rings. The van der Waals surface area contributed by atoms with Gasteiger partial charge in [-0.1, -0.05) is 30.3 Å². The highest BCUT2D eigenvalue weighted by atomic mass is 19.1. The number of rotatable bonds is 8. The molecule has 1 amide bonds. The van der Waals surface area contributed by atoms with E-state index < -0.39 is 5.54 Å². The van der Waals surface area contributed by atoms with Gasteiger partial charge in [0.2, 0.25) is 0 Å². The minimum Gasteiger partial charge on any atom is -0.345 e. The number of anilines is 2. The first-order chi connectivity index (χ1) is 16.1. The molecule has 1 aliphatic rings. The van der Waals surface area contributed by atoms with E-state index in [2.05, 4.69) is 44.3 Å². The van der Waals surface area contributed by atoms with E-state index in [-0.39, 0.29) is 18.1 Å². The van der Waals surface area contributed by atoms with Gasteiger partial charge in [0.25, 0.3) is 5.91 Å². The molecule has 0 atom stereocenters. The third-order valence-corrected chi connectivity index (χ3v) is 6.17. The molecular formula is C25H27FN6O. The number of aromatic amines is 1. The molecule has 0 saturated heterocycles. The highest BCUT2D eigenvalue weighted by Gasteiger charge is 2.37. The summed E-state index contributed by atoms with van der Waals surface area (Å²) < 4.78 is 13.2. The number of aromatic nitrogens is 2. The number of hydrogen-bond donors (Lipinski definition) is 4. The molecule has 2 aromatic carbocycles. The molecule has 1 fully saturated rings. The summed E-state index contributed by atoms with van der Waals surface area (Å²) in [7, 11) is 0. The van der Waals surface area contributed by atoms with Crippen molar-refractivity contribution in [3.05, 3.63) is 77.7 Å². The van der Waals surface area contributed by atoms with Crippen molar-refractivity contribution in [1.29, 1.82) is 5.26 Å². The quantitative estimate of drug-likeness (QED) is 0.410. The minimum absolute atomic E-state index is 0.253. The first-order valence-electron chi connectivity index (χ1n) is 11.1. The molecule has 33 heavy (non-hydrogen) atoms. The predicted octanol–water partition coefficient (Wildman–Crippen LogP) is 4.41. The van der Waals surface area contributed by atoms with Crippen molar-refractivity contribution >= 4 is 17.4 Å². The number of nitrogens with zero attached hydrogens (tertiary/aromatic N) is 2. The minimum atomic E-state index is -0.568. The first kappa shape index (κ1) is 22.5. The summed E-state index contributed by atoms with van der Waals surface area (Å²) in [5.74, 6) is -0.209. The summed E-state index contributed by atoms with van der Waals surface area (Å²) >= 11 is 0. The van der Waals surface area contributed by atoms with Crippen LogP contribution >= 0.6 is 0 Å². The molecule has 4 rings (SSSR count). The number of H-pyrrole nitrogens is 1. The lowest BCUT2D eigenvalue weighted by Crippen LogP contribution is -2.52. The molecule has 8 heteroatoms. The molecule has 0 aliphatic heterocycles. The lowest BCUT2D eigenvalue weighted by Gasteiger charge is -2.39. The predicted molar refractivity (Wildman–Crippen MR) is 124 cm³/mol. The van der Waals surface area contributed by atoms with Crippen LogP contribution in [0.2, 0.25) is 0 Å². The van der Waals surface area contributed by atoms with Gasteiger partial charge in [0.05, 0.1) is 24.2 Å². The standard InChI is InChI=1S/C25H27FN6O/c26-19-6-8-21(9-7-19)30-23-22(17-29-32-23)24(33)31-25(14-15-27)12-10-20(11-13-25)28-16-18-4-2-1-3-5-18/h1-9,17,20,28H,10-14,16H2,(H,31,33)(H2,29,30,32). The third kappa shape index (κ3) is 5.76. The molecule has 1 aromatic heterocycles. The van der Waals surface area contributed by atoms with Gasteiger partial charge in [-0.25, -0.2) is 4.39 Å². The number of carbonyl (C=O) groups is 1. The van der Waals surface area contributed by atoms with Crippen molar-refractivity contribution in [3.8, 4) is 6.07 Å². The van der Waals surface area contributed by atoms with Crippen LogP contribution in [0.25, 0.3) is 0 Å². The molecule has 1 aliphatic carbocycles. The Kier molecular flexibility index (Phi) is 7.01. The Bertz CT molecular complexity index is 1100. The second-order valence-electron chi connectivity index (χ2n) is 8.50. The van der Waals surface area contributed by atoms with Gasteiger partial charge >= 0.3 is 0 Å². The van der Waals surface area contributed by atoms with Gasteiger partial charge < -0.3 is 16.0 Å². The lowest BCUT2D eigenvalue weighted by atomic mass is 9.77. The fraction of sp³-hybridized carbons (Fsp3) is 0.320. The van der Waals surface area contributed by atoms with Crippen LogP contribution in [-0.2, 0) is 6.54 Å². The number of nitrogens with one attached hydrogen (secondary N) is 4. The normalized spacial score (nSPS) is 20.1. The number of halogens is 1. The molecule has 0 spiro atoms. The smallest absolute Gasteiger partial charge is 0.257 e. The van der Waals surface area contributed by atoms with Crippen molar-refractivity contribution in [3.63, 3.8) is 0 Å². The molecule has 170 valence electrons. The van der Waals surface area contributed by atoms with Crippen molar-refractivity contribution in [2.75, 3.05) is 5.32 Å². The maximum Gasteiger partial charge on any atom is 0.257 e. The molecular weight excluding hydrogens is 419 g/mol. The van der Waals surface area contributed by atoms with E-state index in [9.17, 15) is 14.4 Å². The van der Waals surface area contributed by atoms with Gasteiger partial charge in [0.15, 0.2) is 0 Å². The summed E-state index contributed by atoms with van der Waals surface area (Å²) in [6, 6.07) is 18.7. The number of amides is 1. The zero-order valence-corrected chi connectivity index (χ0v) is 18.3. The Labute approximate surface area is 192 Å². The SMILES string of the molecule is N#CCC1(NC(=O)c2cn[nH]c2Nc2ccc(F)cc2)CCC(NCc2ccccc2)CC1. The molecule has 4 N–H and O–H groups in total. The average molecular weight is 447 g/mol. The van der Waals surface area contributed by atoms with Crippen LogP contribution in [-0.4, -0.2) is 27.7 Å². The largest absolute Gasteiger partial charge is 0.345 e. The summed E-state index contributed by atoms with van der Waals surface area (Å²) in [6.07, 6.45) is 4.90.